The molecule has 0 aromatic carbocycles. The molecule has 0 atom stereocenters. The number of nitrogens with one attached hydrogen (secondary N) is 1. The van der Waals surface area contributed by atoms with Crippen molar-refractivity contribution in [2.75, 3.05) is 31.3 Å². The number of ether oxygens (including phenoxy) is 1. The Morgan fingerprint density at radius 2 is 2.25 bits per heavy atom. The molecule has 4 heteroatoms. The van der Waals surface area contributed by atoms with Crippen LogP contribution < -0.4 is 11.1 Å². The van der Waals surface area contributed by atoms with Crippen LogP contribution in [0.15, 0.2) is 18.5 Å². The molecule has 0 bridgehead atoms. The molecular weight excluding hydrogens is 202 g/mol. The Labute approximate surface area is 97.2 Å². The van der Waals surface area contributed by atoms with Gasteiger partial charge in [-0.05, 0) is 17.9 Å². The third kappa shape index (κ3) is 4.06. The summed E-state index contributed by atoms with van der Waals surface area (Å²) in [5.41, 5.74) is 7.62. The molecule has 16 heavy (non-hydrogen) atoms. The molecule has 0 spiro atoms. The lowest BCUT2D eigenvalue weighted by molar-refractivity contribution is 0.157. The molecule has 1 aromatic rings. The molecule has 1 rings (SSSR count). The summed E-state index contributed by atoms with van der Waals surface area (Å²) >= 11 is 0. The molecule has 0 fully saturated rings. The van der Waals surface area contributed by atoms with Crippen molar-refractivity contribution in [3.05, 3.63) is 18.5 Å². The molecule has 0 aliphatic rings. The summed E-state index contributed by atoms with van der Waals surface area (Å²) in [6, 6.07) is 1.89. The van der Waals surface area contributed by atoms with Gasteiger partial charge in [0, 0.05) is 26.5 Å². The third-order valence-corrected chi connectivity index (χ3v) is 2.59. The molecule has 0 aliphatic heterocycles. The van der Waals surface area contributed by atoms with E-state index in [0.717, 1.165) is 25.3 Å². The van der Waals surface area contributed by atoms with Crippen LogP contribution in [0.4, 0.5) is 11.4 Å². The minimum Gasteiger partial charge on any atom is -0.396 e. The van der Waals surface area contributed by atoms with Crippen LogP contribution in [0.5, 0.6) is 0 Å². The molecule has 0 saturated carbocycles. The molecule has 0 saturated heterocycles. The van der Waals surface area contributed by atoms with E-state index in [4.69, 9.17) is 10.5 Å². The Kier molecular flexibility index (Phi) is 4.55. The average Bonchev–Trinajstić information content (AvgIpc) is 2.26. The van der Waals surface area contributed by atoms with E-state index in [1.54, 1.807) is 19.5 Å². The maximum Gasteiger partial charge on any atom is 0.0736 e. The predicted octanol–water partition coefficient (Wildman–Crippen LogP) is 2.14. The van der Waals surface area contributed by atoms with E-state index in [0.29, 0.717) is 5.69 Å². The van der Waals surface area contributed by atoms with Gasteiger partial charge in [-0.1, -0.05) is 13.8 Å². The van der Waals surface area contributed by atoms with Crippen molar-refractivity contribution in [2.45, 2.75) is 20.3 Å². The molecule has 1 aromatic heterocycles. The normalized spacial score (nSPS) is 11.4. The van der Waals surface area contributed by atoms with E-state index in [-0.39, 0.29) is 5.41 Å². The Balaban J connectivity index is 2.47. The van der Waals surface area contributed by atoms with Gasteiger partial charge >= 0.3 is 0 Å². The number of methoxy groups -OCH3 is 1. The molecule has 0 amide bonds. The van der Waals surface area contributed by atoms with Crippen LogP contribution in [0.1, 0.15) is 20.3 Å². The number of nitrogens with zero attached hydrogens (tertiary/aromatic N) is 1. The van der Waals surface area contributed by atoms with Crippen LogP contribution in [0.3, 0.4) is 0 Å². The first-order valence-corrected chi connectivity index (χ1v) is 5.47. The number of hydrogen-bond donors (Lipinski definition) is 2. The SMILES string of the molecule is COCCC(C)(C)CNc1ccncc1N. The molecular formula is C12H21N3O. The molecule has 0 unspecified atom stereocenters. The quantitative estimate of drug-likeness (QED) is 0.775. The molecule has 0 radical (unpaired) electrons. The second kappa shape index (κ2) is 5.70. The minimum absolute atomic E-state index is 0.186. The number of nitrogen functional groups attached to an aromatic ring is 1. The fourth-order valence-electron chi connectivity index (χ4n) is 1.37. The molecule has 3 N–H and O–H groups in total. The maximum atomic E-state index is 5.80. The van der Waals surface area contributed by atoms with Crippen molar-refractivity contribution in [3.63, 3.8) is 0 Å². The number of aromatic nitrogens is 1. The van der Waals surface area contributed by atoms with Crippen LogP contribution in [0, 0.1) is 5.41 Å². The zero-order valence-corrected chi connectivity index (χ0v) is 10.3. The van der Waals surface area contributed by atoms with Gasteiger partial charge in [-0.2, -0.15) is 0 Å². The fourth-order valence-corrected chi connectivity index (χ4v) is 1.37. The highest BCUT2D eigenvalue weighted by atomic mass is 16.5. The van der Waals surface area contributed by atoms with Gasteiger partial charge in [0.05, 0.1) is 17.6 Å². The zero-order chi connectivity index (χ0) is 12.0. The minimum atomic E-state index is 0.186. The zero-order valence-electron chi connectivity index (χ0n) is 10.3. The van der Waals surface area contributed by atoms with Crippen molar-refractivity contribution >= 4 is 11.4 Å². The van der Waals surface area contributed by atoms with Gasteiger partial charge in [-0.25, -0.2) is 0 Å². The topological polar surface area (TPSA) is 60.2 Å². The lowest BCUT2D eigenvalue weighted by atomic mass is 9.89. The second-order valence-corrected chi connectivity index (χ2v) is 4.72. The summed E-state index contributed by atoms with van der Waals surface area (Å²) in [5, 5.41) is 3.34. The first kappa shape index (κ1) is 12.8. The van der Waals surface area contributed by atoms with Gasteiger partial charge in [0.1, 0.15) is 0 Å². The third-order valence-electron chi connectivity index (χ3n) is 2.59. The number of anilines is 2. The first-order chi connectivity index (χ1) is 7.55. The maximum absolute atomic E-state index is 5.80. The molecule has 4 nitrogen and oxygen atoms in total. The van der Waals surface area contributed by atoms with Gasteiger partial charge in [0.25, 0.3) is 0 Å². The summed E-state index contributed by atoms with van der Waals surface area (Å²) in [4.78, 5) is 3.95. The Hall–Kier alpha value is -1.29. The van der Waals surface area contributed by atoms with E-state index in [1.165, 1.54) is 0 Å². The second-order valence-electron chi connectivity index (χ2n) is 4.72. The Bertz CT molecular complexity index is 326. The van der Waals surface area contributed by atoms with Crippen molar-refractivity contribution in [1.29, 1.82) is 0 Å². The van der Waals surface area contributed by atoms with E-state index in [9.17, 15) is 0 Å². The Morgan fingerprint density at radius 1 is 1.50 bits per heavy atom. The number of nitrogens with two attached hydrogens (primary N) is 1. The van der Waals surface area contributed by atoms with Crippen LogP contribution in [-0.2, 0) is 4.74 Å². The summed E-state index contributed by atoms with van der Waals surface area (Å²) in [6.45, 7) is 6.05. The van der Waals surface area contributed by atoms with Crippen LogP contribution >= 0.6 is 0 Å². The summed E-state index contributed by atoms with van der Waals surface area (Å²) in [7, 11) is 1.73. The average molecular weight is 223 g/mol. The molecule has 0 aliphatic carbocycles. The highest BCUT2D eigenvalue weighted by Gasteiger charge is 2.17. The van der Waals surface area contributed by atoms with Crippen molar-refractivity contribution in [2.24, 2.45) is 5.41 Å². The largest absolute Gasteiger partial charge is 0.396 e. The van der Waals surface area contributed by atoms with E-state index >= 15 is 0 Å². The summed E-state index contributed by atoms with van der Waals surface area (Å²) in [6.07, 6.45) is 4.41. The van der Waals surface area contributed by atoms with Crippen LogP contribution in [0.2, 0.25) is 0 Å². The summed E-state index contributed by atoms with van der Waals surface area (Å²) < 4.78 is 5.09. The molecule has 1 heterocycles. The van der Waals surface area contributed by atoms with Crippen LogP contribution in [-0.4, -0.2) is 25.2 Å². The van der Waals surface area contributed by atoms with Crippen molar-refractivity contribution in [1.82, 2.24) is 4.98 Å². The first-order valence-electron chi connectivity index (χ1n) is 5.47. The van der Waals surface area contributed by atoms with Gasteiger partial charge in [-0.15, -0.1) is 0 Å². The number of pyridine rings is 1. The van der Waals surface area contributed by atoms with Crippen molar-refractivity contribution < 1.29 is 4.74 Å². The van der Waals surface area contributed by atoms with E-state index in [2.05, 4.69) is 24.1 Å². The monoisotopic (exact) mass is 223 g/mol. The predicted molar refractivity (Wildman–Crippen MR) is 67.4 cm³/mol. The molecule has 90 valence electrons. The van der Waals surface area contributed by atoms with Gasteiger partial charge in [0.2, 0.25) is 0 Å². The highest BCUT2D eigenvalue weighted by Crippen LogP contribution is 2.23. The smallest absolute Gasteiger partial charge is 0.0736 e. The number of hydrogen-bond acceptors (Lipinski definition) is 4. The van der Waals surface area contributed by atoms with E-state index in [1.807, 2.05) is 6.07 Å². The highest BCUT2D eigenvalue weighted by molar-refractivity contribution is 5.64. The van der Waals surface area contributed by atoms with E-state index < -0.39 is 0 Å². The van der Waals surface area contributed by atoms with Crippen LogP contribution in [0.25, 0.3) is 0 Å². The standard InChI is InChI=1S/C12H21N3O/c1-12(2,5-7-16-3)9-15-11-4-6-14-8-10(11)13/h4,6,8H,5,7,9,13H2,1-3H3,(H,14,15). The fraction of sp³-hybridized carbons (Fsp3) is 0.583. The van der Waals surface area contributed by atoms with Gasteiger partial charge in [0.15, 0.2) is 0 Å². The Morgan fingerprint density at radius 3 is 2.88 bits per heavy atom. The summed E-state index contributed by atoms with van der Waals surface area (Å²) in [5.74, 6) is 0. The van der Waals surface area contributed by atoms with Gasteiger partial charge < -0.3 is 15.8 Å². The lowest BCUT2D eigenvalue weighted by Crippen LogP contribution is -2.25. The van der Waals surface area contributed by atoms with Crippen molar-refractivity contribution in [3.8, 4) is 0 Å². The lowest BCUT2D eigenvalue weighted by Gasteiger charge is -2.25. The van der Waals surface area contributed by atoms with Gasteiger partial charge in [-0.3, -0.25) is 4.98 Å². The number of rotatable bonds is 6.